The Labute approximate surface area is 218 Å². The van der Waals surface area contributed by atoms with Crippen LogP contribution in [0.25, 0.3) is 20.3 Å². The molecule has 9 heteroatoms. The second-order valence-electron chi connectivity index (χ2n) is 8.86. The zero-order chi connectivity index (χ0) is 24.5. The van der Waals surface area contributed by atoms with Crippen molar-refractivity contribution in [2.75, 3.05) is 43.4 Å². The summed E-state index contributed by atoms with van der Waals surface area (Å²) < 4.78 is 7.07. The maximum Gasteiger partial charge on any atom is 0.143 e. The van der Waals surface area contributed by atoms with Gasteiger partial charge in [-0.2, -0.15) is 0 Å². The number of halogens is 1. The summed E-state index contributed by atoms with van der Waals surface area (Å²) >= 11 is 8.23. The van der Waals surface area contributed by atoms with Crippen molar-refractivity contribution < 1.29 is 4.74 Å². The summed E-state index contributed by atoms with van der Waals surface area (Å²) in [7, 11) is 2.18. The molecule has 1 aliphatic heterocycles. The molecule has 6 rings (SSSR count). The topological polar surface area (TPSA) is 66.4 Å². The SMILES string of the molecule is CN1CCN(c2ccc3c(c2)sc2ncnc(Nc4ccc(OCc5ccccn5)c(Cl)c4)c23)CC1. The highest BCUT2D eigenvalue weighted by Crippen LogP contribution is 2.39. The van der Waals surface area contributed by atoms with E-state index in [1.165, 1.54) is 10.4 Å². The van der Waals surface area contributed by atoms with Crippen molar-refractivity contribution in [3.63, 3.8) is 0 Å². The largest absolute Gasteiger partial charge is 0.486 e. The van der Waals surface area contributed by atoms with E-state index in [-0.39, 0.29) is 0 Å². The molecule has 36 heavy (non-hydrogen) atoms. The first-order chi connectivity index (χ1) is 17.6. The van der Waals surface area contributed by atoms with Crippen molar-refractivity contribution in [1.29, 1.82) is 0 Å². The van der Waals surface area contributed by atoms with Crippen molar-refractivity contribution in [3.8, 4) is 5.75 Å². The lowest BCUT2D eigenvalue weighted by atomic mass is 10.1. The van der Waals surface area contributed by atoms with Crippen LogP contribution in [0.5, 0.6) is 5.75 Å². The zero-order valence-corrected chi connectivity index (χ0v) is 21.4. The van der Waals surface area contributed by atoms with E-state index in [9.17, 15) is 0 Å². The highest BCUT2D eigenvalue weighted by Gasteiger charge is 2.17. The molecule has 5 aromatic rings. The Bertz CT molecular complexity index is 1520. The number of hydrogen-bond acceptors (Lipinski definition) is 8. The van der Waals surface area contributed by atoms with Crippen LogP contribution in [0.3, 0.4) is 0 Å². The summed E-state index contributed by atoms with van der Waals surface area (Å²) in [5, 5.41) is 6.13. The van der Waals surface area contributed by atoms with E-state index in [0.29, 0.717) is 17.4 Å². The Morgan fingerprint density at radius 2 is 1.89 bits per heavy atom. The van der Waals surface area contributed by atoms with Crippen LogP contribution >= 0.6 is 22.9 Å². The average molecular weight is 517 g/mol. The second kappa shape index (κ2) is 9.89. The molecule has 1 N–H and O–H groups in total. The first-order valence-corrected chi connectivity index (χ1v) is 13.0. The molecule has 4 heterocycles. The van der Waals surface area contributed by atoms with Crippen molar-refractivity contribution in [3.05, 3.63) is 77.8 Å². The number of piperazine rings is 1. The number of rotatable bonds is 6. The number of ether oxygens (including phenoxy) is 1. The fraction of sp³-hybridized carbons (Fsp3) is 0.222. The van der Waals surface area contributed by atoms with E-state index >= 15 is 0 Å². The standard InChI is InChI=1S/C27H25ClN6OS/c1-33-10-12-34(13-11-33)20-6-7-21-24(15-20)36-27-25(21)26(30-17-31-27)32-18-5-8-23(22(28)14-18)35-16-19-4-2-3-9-29-19/h2-9,14-15,17H,10-13,16H2,1H3,(H,30,31,32). The van der Waals surface area contributed by atoms with Gasteiger partial charge in [-0.1, -0.05) is 23.7 Å². The number of likely N-dealkylation sites (N-methyl/N-ethyl adjacent to an activating group) is 1. The molecule has 0 radical (unpaired) electrons. The molecule has 0 amide bonds. The van der Waals surface area contributed by atoms with E-state index < -0.39 is 0 Å². The highest BCUT2D eigenvalue weighted by atomic mass is 35.5. The van der Waals surface area contributed by atoms with Gasteiger partial charge in [-0.05, 0) is 49.5 Å². The van der Waals surface area contributed by atoms with Gasteiger partial charge < -0.3 is 19.9 Å². The van der Waals surface area contributed by atoms with Crippen LogP contribution in [0.2, 0.25) is 5.02 Å². The molecule has 0 saturated carbocycles. The first-order valence-electron chi connectivity index (χ1n) is 11.8. The third-order valence-electron chi connectivity index (χ3n) is 6.42. The molecular weight excluding hydrogens is 492 g/mol. The van der Waals surface area contributed by atoms with Gasteiger partial charge in [0.05, 0.1) is 16.1 Å². The summed E-state index contributed by atoms with van der Waals surface area (Å²) in [4.78, 5) is 19.2. The Kier molecular flexibility index (Phi) is 6.31. The predicted molar refractivity (Wildman–Crippen MR) is 148 cm³/mol. The number of benzene rings is 2. The molecule has 0 aliphatic carbocycles. The molecule has 0 bridgehead atoms. The summed E-state index contributed by atoms with van der Waals surface area (Å²) in [6, 6.07) is 18.1. The summed E-state index contributed by atoms with van der Waals surface area (Å²) in [5.41, 5.74) is 2.94. The number of nitrogens with one attached hydrogen (secondary N) is 1. The molecule has 1 aliphatic rings. The smallest absolute Gasteiger partial charge is 0.143 e. The van der Waals surface area contributed by atoms with E-state index in [4.69, 9.17) is 16.3 Å². The average Bonchev–Trinajstić information content (AvgIpc) is 3.28. The van der Waals surface area contributed by atoms with Crippen LogP contribution in [0.15, 0.2) is 67.1 Å². The van der Waals surface area contributed by atoms with Gasteiger partial charge in [0.2, 0.25) is 0 Å². The van der Waals surface area contributed by atoms with E-state index in [1.807, 2.05) is 36.4 Å². The molecule has 0 atom stereocenters. The number of anilines is 3. The van der Waals surface area contributed by atoms with Gasteiger partial charge in [0.1, 0.15) is 29.3 Å². The molecule has 2 aromatic carbocycles. The predicted octanol–water partition coefficient (Wildman–Crippen LogP) is 5.97. The quantitative estimate of drug-likeness (QED) is 0.298. The number of nitrogens with zero attached hydrogens (tertiary/aromatic N) is 5. The minimum absolute atomic E-state index is 0.358. The van der Waals surface area contributed by atoms with Gasteiger partial charge in [-0.25, -0.2) is 9.97 Å². The van der Waals surface area contributed by atoms with Crippen LogP contribution in [0.1, 0.15) is 5.69 Å². The molecule has 7 nitrogen and oxygen atoms in total. The lowest BCUT2D eigenvalue weighted by Crippen LogP contribution is -2.44. The first kappa shape index (κ1) is 23.0. The fourth-order valence-corrected chi connectivity index (χ4v) is 5.73. The van der Waals surface area contributed by atoms with Gasteiger partial charge >= 0.3 is 0 Å². The molecule has 0 unspecified atom stereocenters. The molecular formula is C27H25ClN6OS. The van der Waals surface area contributed by atoms with Gasteiger partial charge in [-0.3, -0.25) is 4.98 Å². The molecule has 0 spiro atoms. The fourth-order valence-electron chi connectivity index (χ4n) is 4.42. The van der Waals surface area contributed by atoms with Crippen molar-refractivity contribution in [1.82, 2.24) is 19.9 Å². The normalized spacial score (nSPS) is 14.4. The molecule has 1 saturated heterocycles. The Morgan fingerprint density at radius 1 is 1.00 bits per heavy atom. The summed E-state index contributed by atoms with van der Waals surface area (Å²) in [6.07, 6.45) is 3.35. The number of hydrogen-bond donors (Lipinski definition) is 1. The molecule has 182 valence electrons. The zero-order valence-electron chi connectivity index (χ0n) is 19.8. The van der Waals surface area contributed by atoms with Gasteiger partial charge in [-0.15, -0.1) is 11.3 Å². The summed E-state index contributed by atoms with van der Waals surface area (Å²) in [6.45, 7) is 4.61. The maximum absolute atomic E-state index is 6.53. The third kappa shape index (κ3) is 4.67. The van der Waals surface area contributed by atoms with E-state index in [0.717, 1.165) is 59.0 Å². The molecule has 1 fully saturated rings. The molecule has 3 aromatic heterocycles. The highest BCUT2D eigenvalue weighted by molar-refractivity contribution is 7.25. The second-order valence-corrected chi connectivity index (χ2v) is 10.3. The van der Waals surface area contributed by atoms with Crippen molar-refractivity contribution in [2.45, 2.75) is 6.61 Å². The maximum atomic E-state index is 6.53. The Balaban J connectivity index is 1.25. The third-order valence-corrected chi connectivity index (χ3v) is 7.77. The Hall–Kier alpha value is -3.46. The van der Waals surface area contributed by atoms with Gasteiger partial charge in [0.25, 0.3) is 0 Å². The van der Waals surface area contributed by atoms with E-state index in [2.05, 4.69) is 55.3 Å². The van der Waals surface area contributed by atoms with Crippen LogP contribution in [0.4, 0.5) is 17.2 Å². The number of pyridine rings is 1. The van der Waals surface area contributed by atoms with Crippen LogP contribution in [0, 0.1) is 0 Å². The number of thiophene rings is 1. The number of fused-ring (bicyclic) bond motifs is 3. The monoisotopic (exact) mass is 516 g/mol. The van der Waals surface area contributed by atoms with Gasteiger partial charge in [0, 0.05) is 53.8 Å². The Morgan fingerprint density at radius 3 is 2.69 bits per heavy atom. The summed E-state index contributed by atoms with van der Waals surface area (Å²) in [5.74, 6) is 1.37. The van der Waals surface area contributed by atoms with Crippen molar-refractivity contribution >= 4 is 60.4 Å². The minimum atomic E-state index is 0.358. The van der Waals surface area contributed by atoms with Gasteiger partial charge in [0.15, 0.2) is 0 Å². The minimum Gasteiger partial charge on any atom is -0.486 e. The van der Waals surface area contributed by atoms with E-state index in [1.54, 1.807) is 23.9 Å². The van der Waals surface area contributed by atoms with Crippen LogP contribution in [-0.2, 0) is 6.61 Å². The lowest BCUT2D eigenvalue weighted by Gasteiger charge is -2.34. The lowest BCUT2D eigenvalue weighted by molar-refractivity contribution is 0.301. The number of aromatic nitrogens is 3. The van der Waals surface area contributed by atoms with Crippen molar-refractivity contribution in [2.24, 2.45) is 0 Å². The van der Waals surface area contributed by atoms with Crippen LogP contribution in [-0.4, -0.2) is 53.1 Å². The van der Waals surface area contributed by atoms with Crippen LogP contribution < -0.4 is 15.0 Å².